The highest BCUT2D eigenvalue weighted by atomic mass is 79.9. The van der Waals surface area contributed by atoms with Crippen molar-refractivity contribution in [1.29, 1.82) is 0 Å². The van der Waals surface area contributed by atoms with Crippen molar-refractivity contribution in [1.82, 2.24) is 0 Å². The Morgan fingerprint density at radius 1 is 1.00 bits per heavy atom. The van der Waals surface area contributed by atoms with E-state index in [2.05, 4.69) is 29.8 Å². The van der Waals surface area contributed by atoms with Gasteiger partial charge in [0.25, 0.3) is 5.91 Å². The average molecular weight is 532 g/mol. The number of anilines is 1. The Bertz CT molecular complexity index is 1500. The average Bonchev–Trinajstić information content (AvgIpc) is 3.37. The van der Waals surface area contributed by atoms with Crippen molar-refractivity contribution in [3.05, 3.63) is 105 Å². The summed E-state index contributed by atoms with van der Waals surface area (Å²) in [6, 6.07) is 19.7. The van der Waals surface area contributed by atoms with Gasteiger partial charge in [-0.15, -0.1) is 0 Å². The van der Waals surface area contributed by atoms with Crippen molar-refractivity contribution in [2.24, 2.45) is 0 Å². The molecule has 1 aliphatic heterocycles. The number of amides is 1. The second-order valence-corrected chi connectivity index (χ2v) is 9.72. The van der Waals surface area contributed by atoms with Crippen molar-refractivity contribution in [2.45, 2.75) is 25.8 Å². The van der Waals surface area contributed by atoms with E-state index in [0.29, 0.717) is 28.1 Å². The van der Waals surface area contributed by atoms with Gasteiger partial charge in [-0.25, -0.2) is 0 Å². The van der Waals surface area contributed by atoms with Gasteiger partial charge in [0, 0.05) is 15.5 Å². The lowest BCUT2D eigenvalue weighted by molar-refractivity contribution is -0.117. The van der Waals surface area contributed by atoms with E-state index in [1.54, 1.807) is 42.5 Å². The first kappa shape index (κ1) is 22.9. The van der Waals surface area contributed by atoms with Crippen LogP contribution in [-0.4, -0.2) is 21.9 Å². The van der Waals surface area contributed by atoms with Gasteiger partial charge in [0.2, 0.25) is 5.78 Å². The molecule has 0 fully saturated rings. The van der Waals surface area contributed by atoms with E-state index >= 15 is 0 Å². The van der Waals surface area contributed by atoms with Gasteiger partial charge >= 0.3 is 0 Å². The molecule has 2 heterocycles. The first-order chi connectivity index (χ1) is 16.7. The van der Waals surface area contributed by atoms with E-state index in [4.69, 9.17) is 4.42 Å². The Morgan fingerprint density at radius 2 is 1.74 bits per heavy atom. The molecule has 5 rings (SSSR count). The molecule has 7 heteroatoms. The zero-order chi connectivity index (χ0) is 24.9. The molecule has 6 nitrogen and oxygen atoms in total. The zero-order valence-electron chi connectivity index (χ0n) is 19.0. The number of carbonyl (C=O) groups excluding carboxylic acids is 2. The number of furan rings is 1. The van der Waals surface area contributed by atoms with Gasteiger partial charge in [0.1, 0.15) is 11.3 Å². The molecule has 3 aromatic carbocycles. The molecule has 1 atom stereocenters. The van der Waals surface area contributed by atoms with Crippen LogP contribution in [-0.2, 0) is 4.79 Å². The van der Waals surface area contributed by atoms with Crippen LogP contribution in [0.1, 0.15) is 47.5 Å². The van der Waals surface area contributed by atoms with Crippen LogP contribution >= 0.6 is 15.9 Å². The van der Waals surface area contributed by atoms with E-state index in [-0.39, 0.29) is 17.1 Å². The number of hydrogen-bond donors (Lipinski definition) is 2. The number of halogens is 1. The summed E-state index contributed by atoms with van der Waals surface area (Å²) in [5.41, 5.74) is 2.51. The molecular formula is C28H22BrNO5. The highest BCUT2D eigenvalue weighted by molar-refractivity contribution is 9.10. The van der Waals surface area contributed by atoms with E-state index in [1.807, 2.05) is 18.2 Å². The van der Waals surface area contributed by atoms with Crippen LogP contribution < -0.4 is 4.90 Å². The fourth-order valence-electron chi connectivity index (χ4n) is 4.39. The highest BCUT2D eigenvalue weighted by Gasteiger charge is 2.45. The van der Waals surface area contributed by atoms with Crippen LogP contribution in [0.3, 0.4) is 0 Å². The molecule has 0 radical (unpaired) electrons. The van der Waals surface area contributed by atoms with Crippen LogP contribution in [0.2, 0.25) is 0 Å². The second-order valence-electron chi connectivity index (χ2n) is 8.80. The third kappa shape index (κ3) is 4.02. The Kier molecular flexibility index (Phi) is 5.73. The third-order valence-electron chi connectivity index (χ3n) is 6.18. The molecule has 0 spiro atoms. The van der Waals surface area contributed by atoms with Crippen molar-refractivity contribution in [3.63, 3.8) is 0 Å². The number of phenolic OH excluding ortho intramolecular Hbond substituents is 1. The summed E-state index contributed by atoms with van der Waals surface area (Å²) in [4.78, 5) is 28.4. The number of hydrogen-bond acceptors (Lipinski definition) is 5. The number of fused-ring (bicyclic) bond motifs is 1. The van der Waals surface area contributed by atoms with Gasteiger partial charge in [-0.05, 0) is 65.6 Å². The molecule has 2 N–H and O–H groups in total. The monoisotopic (exact) mass is 531 g/mol. The van der Waals surface area contributed by atoms with Crippen molar-refractivity contribution < 1.29 is 24.2 Å². The van der Waals surface area contributed by atoms with E-state index in [1.165, 1.54) is 17.0 Å². The molecule has 1 unspecified atom stereocenters. The maximum absolute atomic E-state index is 13.7. The van der Waals surface area contributed by atoms with Crippen LogP contribution in [0.5, 0.6) is 5.75 Å². The van der Waals surface area contributed by atoms with Gasteiger partial charge in [-0.2, -0.15) is 0 Å². The SMILES string of the molecule is CC(C)c1ccc(N2C(=O)C(O)=C(C(=O)c3cc4cc(Br)ccc4o3)C2c2cccc(O)c2)cc1. The summed E-state index contributed by atoms with van der Waals surface area (Å²) < 4.78 is 6.61. The van der Waals surface area contributed by atoms with Crippen molar-refractivity contribution >= 4 is 44.3 Å². The highest BCUT2D eigenvalue weighted by Crippen LogP contribution is 2.43. The van der Waals surface area contributed by atoms with E-state index < -0.39 is 23.5 Å². The number of aliphatic hydroxyl groups excluding tert-OH is 1. The fourth-order valence-corrected chi connectivity index (χ4v) is 4.77. The summed E-state index contributed by atoms with van der Waals surface area (Å²) in [5, 5.41) is 21.8. The Labute approximate surface area is 210 Å². The molecule has 176 valence electrons. The number of rotatable bonds is 5. The number of aliphatic hydroxyl groups is 1. The van der Waals surface area contributed by atoms with Crippen LogP contribution in [0.4, 0.5) is 5.69 Å². The first-order valence-electron chi connectivity index (χ1n) is 11.1. The van der Waals surface area contributed by atoms with Crippen LogP contribution in [0.25, 0.3) is 11.0 Å². The summed E-state index contributed by atoms with van der Waals surface area (Å²) in [7, 11) is 0. The Hall–Kier alpha value is -3.84. The normalized spacial score (nSPS) is 16.1. The minimum absolute atomic E-state index is 0.00890. The minimum Gasteiger partial charge on any atom is -0.508 e. The molecular weight excluding hydrogens is 510 g/mol. The van der Waals surface area contributed by atoms with Crippen LogP contribution in [0, 0.1) is 0 Å². The van der Waals surface area contributed by atoms with Gasteiger partial charge in [-0.3, -0.25) is 14.5 Å². The van der Waals surface area contributed by atoms with Gasteiger partial charge in [0.05, 0.1) is 11.6 Å². The van der Waals surface area contributed by atoms with E-state index in [9.17, 15) is 19.8 Å². The first-order valence-corrected chi connectivity index (χ1v) is 11.9. The number of aromatic hydroxyl groups is 1. The Balaban J connectivity index is 1.64. The number of Topliss-reactive ketones (excluding diaryl/α,β-unsaturated/α-hetero) is 1. The van der Waals surface area contributed by atoms with Crippen molar-refractivity contribution in [3.8, 4) is 5.75 Å². The van der Waals surface area contributed by atoms with Gasteiger partial charge in [-0.1, -0.05) is 54.0 Å². The smallest absolute Gasteiger partial charge is 0.294 e. The number of benzene rings is 3. The molecule has 1 amide bonds. The summed E-state index contributed by atoms with van der Waals surface area (Å²) in [5.74, 6) is -1.64. The second kappa shape index (κ2) is 8.74. The molecule has 4 aromatic rings. The molecule has 1 aromatic heterocycles. The molecule has 0 aliphatic carbocycles. The number of phenols is 1. The lowest BCUT2D eigenvalue weighted by Gasteiger charge is -2.27. The molecule has 0 saturated carbocycles. The fraction of sp³-hybridized carbons (Fsp3) is 0.143. The van der Waals surface area contributed by atoms with Gasteiger partial charge < -0.3 is 14.6 Å². The number of ketones is 1. The quantitative estimate of drug-likeness (QED) is 0.276. The molecule has 35 heavy (non-hydrogen) atoms. The van der Waals surface area contributed by atoms with Gasteiger partial charge in [0.15, 0.2) is 11.5 Å². The summed E-state index contributed by atoms with van der Waals surface area (Å²) >= 11 is 3.41. The zero-order valence-corrected chi connectivity index (χ0v) is 20.6. The molecule has 0 bridgehead atoms. The summed E-state index contributed by atoms with van der Waals surface area (Å²) in [6.07, 6.45) is 0. The number of nitrogens with zero attached hydrogens (tertiary/aromatic N) is 1. The predicted octanol–water partition coefficient (Wildman–Crippen LogP) is 6.81. The largest absolute Gasteiger partial charge is 0.508 e. The predicted molar refractivity (Wildman–Crippen MR) is 137 cm³/mol. The minimum atomic E-state index is -0.952. The van der Waals surface area contributed by atoms with Crippen LogP contribution in [0.15, 0.2) is 93.0 Å². The molecule has 1 aliphatic rings. The molecule has 0 saturated heterocycles. The lowest BCUT2D eigenvalue weighted by atomic mass is 9.94. The summed E-state index contributed by atoms with van der Waals surface area (Å²) in [6.45, 7) is 4.14. The third-order valence-corrected chi connectivity index (χ3v) is 6.67. The topological polar surface area (TPSA) is 91.0 Å². The Morgan fingerprint density at radius 3 is 2.43 bits per heavy atom. The maximum atomic E-state index is 13.7. The standard InChI is InChI=1S/C28H22BrNO5/c1-15(2)16-6-9-20(10-7-16)30-25(17-4-3-5-21(31)13-17)24(27(33)28(30)34)26(32)23-14-18-12-19(29)8-11-22(18)35-23/h3-15,25,31,33H,1-2H3. The maximum Gasteiger partial charge on any atom is 0.294 e. The van der Waals surface area contributed by atoms with E-state index in [0.717, 1.165) is 10.0 Å². The lowest BCUT2D eigenvalue weighted by Crippen LogP contribution is -2.31. The van der Waals surface area contributed by atoms with Crippen molar-refractivity contribution in [2.75, 3.05) is 4.90 Å². The number of carbonyl (C=O) groups is 2.